The van der Waals surface area contributed by atoms with Crippen LogP contribution >= 0.6 is 22.7 Å². The summed E-state index contributed by atoms with van der Waals surface area (Å²) in [6.07, 6.45) is 1.48. The van der Waals surface area contributed by atoms with Gasteiger partial charge in [0.15, 0.2) is 0 Å². The standard InChI is InChI=1S/C26H28FN3O2S2/c27-22-4-2-1-3-21(22)24-6-5-20(34-24)18-28-12-14-29(15-13-28)25(31)7-8-26(32)30-11-9-23-19(17-30)10-16-33-23/h1-6,10,16H,7-9,11-15,17-18H2. The average molecular weight is 498 g/mol. The van der Waals surface area contributed by atoms with E-state index in [2.05, 4.69) is 22.4 Å². The van der Waals surface area contributed by atoms with E-state index in [1.54, 1.807) is 28.7 Å². The smallest absolute Gasteiger partial charge is 0.223 e. The average Bonchev–Trinajstić information content (AvgIpc) is 3.52. The number of benzene rings is 1. The van der Waals surface area contributed by atoms with Crippen molar-refractivity contribution in [2.24, 2.45) is 0 Å². The third-order valence-corrected chi connectivity index (χ3v) is 8.74. The predicted molar refractivity (Wildman–Crippen MR) is 134 cm³/mol. The van der Waals surface area contributed by atoms with Crippen molar-refractivity contribution in [1.82, 2.24) is 14.7 Å². The number of thiophene rings is 2. The summed E-state index contributed by atoms with van der Waals surface area (Å²) >= 11 is 3.38. The number of amides is 2. The van der Waals surface area contributed by atoms with Crippen LogP contribution in [0.15, 0.2) is 47.8 Å². The van der Waals surface area contributed by atoms with E-state index in [-0.39, 0.29) is 30.5 Å². The summed E-state index contributed by atoms with van der Waals surface area (Å²) in [5.41, 5.74) is 1.89. The predicted octanol–water partition coefficient (Wildman–Crippen LogP) is 4.63. The van der Waals surface area contributed by atoms with E-state index in [1.807, 2.05) is 28.0 Å². The molecule has 5 nitrogen and oxygen atoms in total. The molecule has 0 N–H and O–H groups in total. The van der Waals surface area contributed by atoms with E-state index in [0.717, 1.165) is 37.5 Å². The Kier molecular flexibility index (Phi) is 7.08. The first-order valence-electron chi connectivity index (χ1n) is 11.7. The largest absolute Gasteiger partial charge is 0.340 e. The summed E-state index contributed by atoms with van der Waals surface area (Å²) in [5.74, 6) is -0.0515. The van der Waals surface area contributed by atoms with Crippen LogP contribution in [-0.2, 0) is 29.1 Å². The van der Waals surface area contributed by atoms with Crippen LogP contribution in [0.4, 0.5) is 4.39 Å². The summed E-state index contributed by atoms with van der Waals surface area (Å²) in [7, 11) is 0. The van der Waals surface area contributed by atoms with Crippen molar-refractivity contribution in [3.05, 3.63) is 69.0 Å². The van der Waals surface area contributed by atoms with Crippen molar-refractivity contribution in [2.75, 3.05) is 32.7 Å². The Balaban J connectivity index is 1.06. The molecule has 2 aromatic heterocycles. The van der Waals surface area contributed by atoms with Crippen LogP contribution in [-0.4, -0.2) is 59.2 Å². The third kappa shape index (κ3) is 5.24. The molecule has 2 aliphatic rings. The first-order chi connectivity index (χ1) is 16.6. The molecule has 5 rings (SSSR count). The van der Waals surface area contributed by atoms with Gasteiger partial charge in [-0.25, -0.2) is 4.39 Å². The Morgan fingerprint density at radius 1 is 0.882 bits per heavy atom. The molecule has 34 heavy (non-hydrogen) atoms. The molecule has 2 aliphatic heterocycles. The maximum absolute atomic E-state index is 14.1. The van der Waals surface area contributed by atoms with Gasteiger partial charge >= 0.3 is 0 Å². The number of hydrogen-bond donors (Lipinski definition) is 0. The number of piperazine rings is 1. The van der Waals surface area contributed by atoms with Crippen molar-refractivity contribution < 1.29 is 14.0 Å². The van der Waals surface area contributed by atoms with Crippen LogP contribution in [0.1, 0.15) is 28.2 Å². The van der Waals surface area contributed by atoms with Crippen LogP contribution in [0.5, 0.6) is 0 Å². The number of nitrogens with zero attached hydrogens (tertiary/aromatic N) is 3. The quantitative estimate of drug-likeness (QED) is 0.499. The first kappa shape index (κ1) is 23.2. The van der Waals surface area contributed by atoms with Gasteiger partial charge in [0.2, 0.25) is 11.8 Å². The summed E-state index contributed by atoms with van der Waals surface area (Å²) in [6, 6.07) is 13.0. The minimum Gasteiger partial charge on any atom is -0.340 e. The van der Waals surface area contributed by atoms with Gasteiger partial charge in [-0.2, -0.15) is 0 Å². The molecule has 8 heteroatoms. The summed E-state index contributed by atoms with van der Waals surface area (Å²) in [5, 5.41) is 2.09. The van der Waals surface area contributed by atoms with E-state index in [0.29, 0.717) is 25.2 Å². The monoisotopic (exact) mass is 497 g/mol. The Bertz CT molecular complexity index is 1170. The van der Waals surface area contributed by atoms with Gasteiger partial charge in [0.05, 0.1) is 0 Å². The Morgan fingerprint density at radius 3 is 2.44 bits per heavy atom. The minimum atomic E-state index is -0.196. The van der Waals surface area contributed by atoms with Crippen LogP contribution in [0, 0.1) is 5.82 Å². The molecule has 0 spiro atoms. The maximum Gasteiger partial charge on any atom is 0.223 e. The molecule has 4 heterocycles. The normalized spacial score (nSPS) is 16.5. The molecule has 0 bridgehead atoms. The molecule has 3 aromatic rings. The minimum absolute atomic E-state index is 0.0687. The first-order valence-corrected chi connectivity index (χ1v) is 13.4. The van der Waals surface area contributed by atoms with E-state index >= 15 is 0 Å². The van der Waals surface area contributed by atoms with Crippen molar-refractivity contribution in [1.29, 1.82) is 0 Å². The topological polar surface area (TPSA) is 43.9 Å². The second-order valence-corrected chi connectivity index (χ2v) is 11.0. The van der Waals surface area contributed by atoms with Crippen LogP contribution < -0.4 is 0 Å². The Morgan fingerprint density at radius 2 is 1.65 bits per heavy atom. The fourth-order valence-corrected chi connectivity index (χ4v) is 6.60. The number of carbonyl (C=O) groups is 2. The number of carbonyl (C=O) groups excluding carboxylic acids is 2. The van der Waals surface area contributed by atoms with Crippen molar-refractivity contribution >= 4 is 34.5 Å². The van der Waals surface area contributed by atoms with Gasteiger partial charge in [-0.15, -0.1) is 22.7 Å². The van der Waals surface area contributed by atoms with Crippen molar-refractivity contribution in [2.45, 2.75) is 32.4 Å². The molecular weight excluding hydrogens is 469 g/mol. The lowest BCUT2D eigenvalue weighted by Gasteiger charge is -2.34. The van der Waals surface area contributed by atoms with Gasteiger partial charge in [0.25, 0.3) is 0 Å². The highest BCUT2D eigenvalue weighted by Crippen LogP contribution is 2.31. The lowest BCUT2D eigenvalue weighted by atomic mass is 10.1. The Hall–Kier alpha value is -2.55. The number of halogens is 1. The van der Waals surface area contributed by atoms with Crippen LogP contribution in [0.3, 0.4) is 0 Å². The summed E-state index contributed by atoms with van der Waals surface area (Å²) < 4.78 is 14.1. The molecule has 0 aliphatic carbocycles. The van der Waals surface area contributed by atoms with E-state index in [4.69, 9.17) is 0 Å². The van der Waals surface area contributed by atoms with E-state index < -0.39 is 0 Å². The van der Waals surface area contributed by atoms with Gasteiger partial charge < -0.3 is 9.80 Å². The molecule has 0 atom stereocenters. The number of hydrogen-bond acceptors (Lipinski definition) is 5. The zero-order valence-corrected chi connectivity index (χ0v) is 20.7. The highest BCUT2D eigenvalue weighted by atomic mass is 32.1. The zero-order valence-electron chi connectivity index (χ0n) is 19.0. The van der Waals surface area contributed by atoms with Crippen LogP contribution in [0.2, 0.25) is 0 Å². The lowest BCUT2D eigenvalue weighted by Crippen LogP contribution is -2.48. The highest BCUT2D eigenvalue weighted by Gasteiger charge is 2.25. The van der Waals surface area contributed by atoms with E-state index in [9.17, 15) is 14.0 Å². The third-order valence-electron chi connectivity index (χ3n) is 6.62. The second-order valence-electron chi connectivity index (χ2n) is 8.84. The molecule has 2 amide bonds. The molecule has 1 saturated heterocycles. The van der Waals surface area contributed by atoms with E-state index in [1.165, 1.54) is 21.4 Å². The fraction of sp³-hybridized carbons (Fsp3) is 0.385. The fourth-order valence-electron chi connectivity index (χ4n) is 4.64. The molecule has 1 fully saturated rings. The number of rotatable bonds is 6. The number of fused-ring (bicyclic) bond motifs is 1. The van der Waals surface area contributed by atoms with Gasteiger partial charge in [-0.05, 0) is 41.6 Å². The molecule has 0 saturated carbocycles. The molecule has 0 unspecified atom stereocenters. The molecule has 1 aromatic carbocycles. The molecular formula is C26H28FN3O2S2. The lowest BCUT2D eigenvalue weighted by molar-refractivity contribution is -0.138. The summed E-state index contributed by atoms with van der Waals surface area (Å²) in [4.78, 5) is 34.9. The molecule has 0 radical (unpaired) electrons. The SMILES string of the molecule is O=C(CCC(=O)N1CCc2sccc2C1)N1CCN(Cc2ccc(-c3ccccc3F)s2)CC1. The zero-order chi connectivity index (χ0) is 23.5. The van der Waals surface area contributed by atoms with Gasteiger partial charge in [-0.3, -0.25) is 14.5 Å². The maximum atomic E-state index is 14.1. The summed E-state index contributed by atoms with van der Waals surface area (Å²) in [6.45, 7) is 5.20. The second kappa shape index (κ2) is 10.4. The Labute approximate surface area is 207 Å². The van der Waals surface area contributed by atoms with Crippen LogP contribution in [0.25, 0.3) is 10.4 Å². The van der Waals surface area contributed by atoms with Gasteiger partial charge in [0, 0.05) is 78.8 Å². The molecule has 178 valence electrons. The van der Waals surface area contributed by atoms with Gasteiger partial charge in [-0.1, -0.05) is 18.2 Å². The highest BCUT2D eigenvalue weighted by molar-refractivity contribution is 7.15. The van der Waals surface area contributed by atoms with Crippen molar-refractivity contribution in [3.8, 4) is 10.4 Å². The van der Waals surface area contributed by atoms with Crippen molar-refractivity contribution in [3.63, 3.8) is 0 Å². The van der Waals surface area contributed by atoms with Gasteiger partial charge in [0.1, 0.15) is 5.82 Å².